The first-order chi connectivity index (χ1) is 9.29. The summed E-state index contributed by atoms with van der Waals surface area (Å²) >= 11 is 0.969. The maximum absolute atomic E-state index is 12.4. The van der Waals surface area contributed by atoms with Gasteiger partial charge < -0.3 is 14.7 Å². The van der Waals surface area contributed by atoms with Crippen molar-refractivity contribution in [3.63, 3.8) is 0 Å². The normalized spacial score (nSPS) is 19.9. The Balaban J connectivity index is 2.10. The second-order valence-electron chi connectivity index (χ2n) is 3.98. The van der Waals surface area contributed by atoms with Crippen LogP contribution in [0.4, 0.5) is 13.2 Å². The molecule has 2 rings (SSSR count). The summed E-state index contributed by atoms with van der Waals surface area (Å²) in [7, 11) is 0. The van der Waals surface area contributed by atoms with E-state index in [1.165, 1.54) is 5.38 Å². The van der Waals surface area contributed by atoms with Crippen LogP contribution in [-0.2, 0) is 9.53 Å². The van der Waals surface area contributed by atoms with Crippen molar-refractivity contribution in [3.05, 3.63) is 16.1 Å². The van der Waals surface area contributed by atoms with Gasteiger partial charge in [0.1, 0.15) is 11.1 Å². The standard InChI is InChI=1S/C10H9F3N2O4S/c11-10(12,13)9(18)15-1-2-19-6(3-15)7-14-5(4-20-7)8(16)17/h4,6H,1-3H2,(H,16,17). The van der Waals surface area contributed by atoms with Crippen molar-refractivity contribution >= 4 is 23.2 Å². The molecule has 0 saturated carbocycles. The molecule has 0 spiro atoms. The van der Waals surface area contributed by atoms with Crippen molar-refractivity contribution in [2.75, 3.05) is 19.7 Å². The van der Waals surface area contributed by atoms with Gasteiger partial charge in [-0.15, -0.1) is 11.3 Å². The number of carbonyl (C=O) groups excluding carboxylic acids is 1. The summed E-state index contributed by atoms with van der Waals surface area (Å²) in [5.74, 6) is -3.16. The fourth-order valence-electron chi connectivity index (χ4n) is 1.70. The third kappa shape index (κ3) is 3.07. The molecule has 1 N–H and O–H groups in total. The van der Waals surface area contributed by atoms with Crippen LogP contribution in [0.5, 0.6) is 0 Å². The van der Waals surface area contributed by atoms with Gasteiger partial charge in [0.25, 0.3) is 0 Å². The van der Waals surface area contributed by atoms with Crippen LogP contribution in [0.3, 0.4) is 0 Å². The first-order valence-electron chi connectivity index (χ1n) is 5.45. The molecule has 1 fully saturated rings. The molecule has 1 aromatic heterocycles. The quantitative estimate of drug-likeness (QED) is 0.891. The van der Waals surface area contributed by atoms with Crippen LogP contribution in [0.2, 0.25) is 0 Å². The van der Waals surface area contributed by atoms with E-state index in [0.717, 1.165) is 11.3 Å². The minimum Gasteiger partial charge on any atom is -0.476 e. The number of hydrogen-bond acceptors (Lipinski definition) is 5. The molecule has 1 unspecified atom stereocenters. The lowest BCUT2D eigenvalue weighted by molar-refractivity contribution is -0.191. The van der Waals surface area contributed by atoms with Crippen molar-refractivity contribution in [3.8, 4) is 0 Å². The summed E-state index contributed by atoms with van der Waals surface area (Å²) in [5, 5.41) is 10.2. The molecule has 0 aliphatic carbocycles. The second kappa shape index (κ2) is 5.37. The number of aromatic nitrogens is 1. The maximum Gasteiger partial charge on any atom is 0.471 e. The fourth-order valence-corrected chi connectivity index (χ4v) is 2.53. The Hall–Kier alpha value is -1.68. The number of aromatic carboxylic acids is 1. The smallest absolute Gasteiger partial charge is 0.471 e. The van der Waals surface area contributed by atoms with Crippen LogP contribution < -0.4 is 0 Å². The van der Waals surface area contributed by atoms with Crippen LogP contribution in [-0.4, -0.2) is 52.7 Å². The molecular weight excluding hydrogens is 301 g/mol. The Morgan fingerprint density at radius 3 is 2.75 bits per heavy atom. The highest BCUT2D eigenvalue weighted by atomic mass is 32.1. The number of morpholine rings is 1. The SMILES string of the molecule is O=C(O)c1csc(C2CN(C(=O)C(F)(F)F)CCO2)n1. The van der Waals surface area contributed by atoms with Gasteiger partial charge in [0.2, 0.25) is 0 Å². The van der Waals surface area contributed by atoms with Gasteiger partial charge in [-0.1, -0.05) is 0 Å². The van der Waals surface area contributed by atoms with Gasteiger partial charge in [-0.3, -0.25) is 4.79 Å². The van der Waals surface area contributed by atoms with Gasteiger partial charge in [-0.2, -0.15) is 13.2 Å². The van der Waals surface area contributed by atoms with Gasteiger partial charge in [0.05, 0.1) is 13.2 Å². The maximum atomic E-state index is 12.4. The molecule has 2 heterocycles. The van der Waals surface area contributed by atoms with Crippen LogP contribution in [0, 0.1) is 0 Å². The average Bonchev–Trinajstić information content (AvgIpc) is 2.86. The number of rotatable bonds is 2. The van der Waals surface area contributed by atoms with Crippen molar-refractivity contribution in [2.24, 2.45) is 0 Å². The number of ether oxygens (including phenoxy) is 1. The number of halogens is 3. The molecule has 20 heavy (non-hydrogen) atoms. The first kappa shape index (κ1) is 14.7. The molecule has 0 aromatic carbocycles. The van der Waals surface area contributed by atoms with E-state index in [2.05, 4.69) is 4.98 Å². The van der Waals surface area contributed by atoms with E-state index in [0.29, 0.717) is 4.90 Å². The van der Waals surface area contributed by atoms with Crippen LogP contribution >= 0.6 is 11.3 Å². The van der Waals surface area contributed by atoms with E-state index in [-0.39, 0.29) is 30.4 Å². The number of carboxylic acids is 1. The van der Waals surface area contributed by atoms with Crippen molar-refractivity contribution in [2.45, 2.75) is 12.3 Å². The summed E-state index contributed by atoms with van der Waals surface area (Å²) < 4.78 is 42.3. The topological polar surface area (TPSA) is 79.7 Å². The highest BCUT2D eigenvalue weighted by Gasteiger charge is 2.44. The minimum atomic E-state index is -4.93. The third-order valence-corrected chi connectivity index (χ3v) is 3.55. The summed E-state index contributed by atoms with van der Waals surface area (Å²) in [5.41, 5.74) is -0.201. The van der Waals surface area contributed by atoms with Crippen LogP contribution in [0.1, 0.15) is 21.6 Å². The highest BCUT2D eigenvalue weighted by molar-refractivity contribution is 7.09. The zero-order chi connectivity index (χ0) is 14.9. The monoisotopic (exact) mass is 310 g/mol. The highest BCUT2D eigenvalue weighted by Crippen LogP contribution is 2.28. The predicted octanol–water partition coefficient (Wildman–Crippen LogP) is 1.30. The minimum absolute atomic E-state index is 0.0610. The van der Waals surface area contributed by atoms with Gasteiger partial charge in [0.15, 0.2) is 5.69 Å². The van der Waals surface area contributed by atoms with Gasteiger partial charge in [0, 0.05) is 11.9 Å². The molecule has 6 nitrogen and oxygen atoms in total. The van der Waals surface area contributed by atoms with Crippen LogP contribution in [0.15, 0.2) is 5.38 Å². The lowest BCUT2D eigenvalue weighted by Crippen LogP contribution is -2.47. The lowest BCUT2D eigenvalue weighted by atomic mass is 10.2. The molecule has 0 radical (unpaired) electrons. The number of amides is 1. The molecule has 1 atom stereocenters. The largest absolute Gasteiger partial charge is 0.476 e. The molecular formula is C10H9F3N2O4S. The number of nitrogens with zero attached hydrogens (tertiary/aromatic N) is 2. The summed E-state index contributed by atoms with van der Waals surface area (Å²) in [4.78, 5) is 26.2. The molecule has 1 aromatic rings. The van der Waals surface area contributed by atoms with E-state index in [1.54, 1.807) is 0 Å². The second-order valence-corrected chi connectivity index (χ2v) is 4.87. The summed E-state index contributed by atoms with van der Waals surface area (Å²) in [6, 6.07) is 0. The van der Waals surface area contributed by atoms with Gasteiger partial charge >= 0.3 is 18.1 Å². The number of carbonyl (C=O) groups is 2. The zero-order valence-electron chi connectivity index (χ0n) is 9.88. The third-order valence-electron chi connectivity index (χ3n) is 2.61. The molecule has 10 heteroatoms. The van der Waals surface area contributed by atoms with E-state index in [1.807, 2.05) is 0 Å². The van der Waals surface area contributed by atoms with E-state index in [4.69, 9.17) is 9.84 Å². The Bertz CT molecular complexity index is 531. The Morgan fingerprint density at radius 2 is 2.20 bits per heavy atom. The van der Waals surface area contributed by atoms with Gasteiger partial charge in [-0.25, -0.2) is 9.78 Å². The van der Waals surface area contributed by atoms with E-state index < -0.39 is 24.2 Å². The predicted molar refractivity (Wildman–Crippen MR) is 60.4 cm³/mol. The number of hydrogen-bond donors (Lipinski definition) is 1. The fraction of sp³-hybridized carbons (Fsp3) is 0.500. The van der Waals surface area contributed by atoms with Crippen molar-refractivity contribution in [1.29, 1.82) is 0 Å². The Labute approximate surface area is 114 Å². The van der Waals surface area contributed by atoms with Crippen LogP contribution in [0.25, 0.3) is 0 Å². The van der Waals surface area contributed by atoms with E-state index >= 15 is 0 Å². The summed E-state index contributed by atoms with van der Waals surface area (Å²) in [6.45, 7) is -0.522. The Morgan fingerprint density at radius 1 is 1.50 bits per heavy atom. The van der Waals surface area contributed by atoms with Gasteiger partial charge in [-0.05, 0) is 0 Å². The lowest BCUT2D eigenvalue weighted by Gasteiger charge is -2.32. The molecule has 1 aliphatic heterocycles. The molecule has 0 bridgehead atoms. The molecule has 1 saturated heterocycles. The summed E-state index contributed by atoms with van der Waals surface area (Å²) in [6.07, 6.45) is -5.77. The molecule has 1 amide bonds. The van der Waals surface area contributed by atoms with E-state index in [9.17, 15) is 22.8 Å². The average molecular weight is 310 g/mol. The Kier molecular flexibility index (Phi) is 3.95. The van der Waals surface area contributed by atoms with Crippen molar-refractivity contribution < 1.29 is 32.6 Å². The van der Waals surface area contributed by atoms with Crippen molar-refractivity contribution in [1.82, 2.24) is 9.88 Å². The molecule has 1 aliphatic rings. The number of alkyl halides is 3. The first-order valence-corrected chi connectivity index (χ1v) is 6.33. The molecule has 110 valence electrons. The zero-order valence-corrected chi connectivity index (χ0v) is 10.7. The number of carboxylic acid groups (broad SMARTS) is 1. The number of thiazole rings is 1.